The first-order valence-corrected chi connectivity index (χ1v) is 6.43. The molecule has 3 nitrogen and oxygen atoms in total. The van der Waals surface area contributed by atoms with Gasteiger partial charge in [0, 0.05) is 12.2 Å². The molecule has 2 N–H and O–H groups in total. The maximum atomic E-state index is 13.3. The maximum absolute atomic E-state index is 13.3. The highest BCUT2D eigenvalue weighted by molar-refractivity contribution is 6.33. The van der Waals surface area contributed by atoms with Crippen LogP contribution in [-0.2, 0) is 6.54 Å². The fourth-order valence-electron chi connectivity index (χ4n) is 1.65. The van der Waals surface area contributed by atoms with Gasteiger partial charge in [-0.15, -0.1) is 0 Å². The molecule has 2 aromatic rings. The number of rotatable bonds is 4. The summed E-state index contributed by atoms with van der Waals surface area (Å²) in [4.78, 5) is 11.0. The third kappa shape index (κ3) is 3.40. The number of halogens is 3. The number of hydrogen-bond acceptors (Lipinski definition) is 2. The molecule has 0 atom stereocenters. The minimum Gasteiger partial charge on any atom is -0.478 e. The molecule has 6 heteroatoms. The smallest absolute Gasteiger partial charge is 0.337 e. The molecule has 0 spiro atoms. The zero-order valence-electron chi connectivity index (χ0n) is 10.2. The van der Waals surface area contributed by atoms with Gasteiger partial charge < -0.3 is 10.4 Å². The monoisotopic (exact) mass is 313 g/mol. The Bertz CT molecular complexity index is 662. The van der Waals surface area contributed by atoms with E-state index in [-0.39, 0.29) is 15.6 Å². The summed E-state index contributed by atoms with van der Waals surface area (Å²) in [7, 11) is 0. The van der Waals surface area contributed by atoms with Crippen molar-refractivity contribution in [2.75, 3.05) is 5.32 Å². The van der Waals surface area contributed by atoms with E-state index in [0.29, 0.717) is 17.8 Å². The second-order valence-electron chi connectivity index (χ2n) is 4.10. The van der Waals surface area contributed by atoms with Crippen LogP contribution in [0.2, 0.25) is 10.0 Å². The second kappa shape index (κ2) is 6.11. The van der Waals surface area contributed by atoms with Gasteiger partial charge >= 0.3 is 5.97 Å². The van der Waals surface area contributed by atoms with Crippen LogP contribution in [0.3, 0.4) is 0 Å². The van der Waals surface area contributed by atoms with E-state index in [4.69, 9.17) is 28.3 Å². The number of aromatic carboxylic acids is 1. The van der Waals surface area contributed by atoms with Crippen LogP contribution in [0.25, 0.3) is 0 Å². The van der Waals surface area contributed by atoms with Crippen molar-refractivity contribution >= 4 is 34.9 Å². The topological polar surface area (TPSA) is 49.3 Å². The van der Waals surface area contributed by atoms with E-state index in [1.807, 2.05) is 0 Å². The molecule has 0 aromatic heterocycles. The lowest BCUT2D eigenvalue weighted by molar-refractivity contribution is 0.0697. The highest BCUT2D eigenvalue weighted by Crippen LogP contribution is 2.21. The van der Waals surface area contributed by atoms with Crippen LogP contribution in [0.1, 0.15) is 15.9 Å². The van der Waals surface area contributed by atoms with Crippen molar-refractivity contribution in [2.45, 2.75) is 6.54 Å². The Morgan fingerprint density at radius 3 is 2.50 bits per heavy atom. The molecular weight excluding hydrogens is 304 g/mol. The quantitative estimate of drug-likeness (QED) is 0.877. The Morgan fingerprint density at radius 2 is 1.85 bits per heavy atom. The molecule has 104 valence electrons. The van der Waals surface area contributed by atoms with Crippen molar-refractivity contribution in [3.63, 3.8) is 0 Å². The molecule has 0 radical (unpaired) electrons. The summed E-state index contributed by atoms with van der Waals surface area (Å²) in [5.74, 6) is -1.59. The minimum atomic E-state index is -1.10. The molecule has 0 heterocycles. The minimum absolute atomic E-state index is 0.0129. The maximum Gasteiger partial charge on any atom is 0.337 e. The number of benzene rings is 2. The molecule has 0 bridgehead atoms. The van der Waals surface area contributed by atoms with Gasteiger partial charge in [0.25, 0.3) is 0 Å². The van der Waals surface area contributed by atoms with Gasteiger partial charge in [0.1, 0.15) is 5.82 Å². The zero-order valence-corrected chi connectivity index (χ0v) is 11.7. The molecule has 0 saturated heterocycles. The lowest BCUT2D eigenvalue weighted by atomic mass is 10.2. The fourth-order valence-corrected chi connectivity index (χ4v) is 1.97. The number of anilines is 1. The van der Waals surface area contributed by atoms with Crippen LogP contribution in [0.4, 0.5) is 10.1 Å². The van der Waals surface area contributed by atoms with Gasteiger partial charge in [-0.05, 0) is 35.9 Å². The lowest BCUT2D eigenvalue weighted by Crippen LogP contribution is -2.03. The number of hydrogen-bond donors (Lipinski definition) is 2. The standard InChI is InChI=1S/C14H10Cl2FNO2/c15-11-4-2-9(6-10(11)14(19)20)18-7-8-1-3-12(16)13(17)5-8/h1-6,18H,7H2,(H,19,20). The Balaban J connectivity index is 2.12. The molecule has 0 aliphatic heterocycles. The average Bonchev–Trinajstić information content (AvgIpc) is 2.41. The van der Waals surface area contributed by atoms with Crippen molar-refractivity contribution in [1.29, 1.82) is 0 Å². The Labute approximate surface area is 124 Å². The van der Waals surface area contributed by atoms with E-state index in [2.05, 4.69) is 5.32 Å². The average molecular weight is 314 g/mol. The van der Waals surface area contributed by atoms with Crippen molar-refractivity contribution < 1.29 is 14.3 Å². The molecule has 20 heavy (non-hydrogen) atoms. The largest absolute Gasteiger partial charge is 0.478 e. The van der Waals surface area contributed by atoms with E-state index in [1.54, 1.807) is 12.1 Å². The molecular formula is C14H10Cl2FNO2. The van der Waals surface area contributed by atoms with Gasteiger partial charge in [0.05, 0.1) is 15.6 Å². The van der Waals surface area contributed by atoms with E-state index >= 15 is 0 Å². The summed E-state index contributed by atoms with van der Waals surface area (Å²) in [6, 6.07) is 9.06. The van der Waals surface area contributed by atoms with Crippen LogP contribution in [-0.4, -0.2) is 11.1 Å². The summed E-state index contributed by atoms with van der Waals surface area (Å²) in [5, 5.41) is 12.2. The summed E-state index contributed by atoms with van der Waals surface area (Å²) < 4.78 is 13.3. The van der Waals surface area contributed by atoms with E-state index in [9.17, 15) is 9.18 Å². The SMILES string of the molecule is O=C(O)c1cc(NCc2ccc(Cl)c(F)c2)ccc1Cl. The second-order valence-corrected chi connectivity index (χ2v) is 4.92. The summed E-state index contributed by atoms with van der Waals surface area (Å²) in [6.45, 7) is 0.342. The Kier molecular flexibility index (Phi) is 4.47. The van der Waals surface area contributed by atoms with Crippen LogP contribution in [0.15, 0.2) is 36.4 Å². The first kappa shape index (κ1) is 14.6. The zero-order chi connectivity index (χ0) is 14.7. The molecule has 0 saturated carbocycles. The normalized spacial score (nSPS) is 10.3. The van der Waals surface area contributed by atoms with Crippen molar-refractivity contribution in [3.05, 3.63) is 63.4 Å². The highest BCUT2D eigenvalue weighted by Gasteiger charge is 2.09. The number of carboxylic acids is 1. The van der Waals surface area contributed by atoms with Gasteiger partial charge in [-0.25, -0.2) is 9.18 Å². The summed E-state index contributed by atoms with van der Waals surface area (Å²) in [6.07, 6.45) is 0. The summed E-state index contributed by atoms with van der Waals surface area (Å²) >= 11 is 11.4. The predicted octanol–water partition coefficient (Wildman–Crippen LogP) is 4.44. The van der Waals surface area contributed by atoms with Crippen molar-refractivity contribution in [3.8, 4) is 0 Å². The highest BCUT2D eigenvalue weighted by atomic mass is 35.5. The molecule has 0 unspecified atom stereocenters. The van der Waals surface area contributed by atoms with Gasteiger partial charge in [0.2, 0.25) is 0 Å². The van der Waals surface area contributed by atoms with E-state index in [1.165, 1.54) is 24.3 Å². The third-order valence-corrected chi connectivity index (χ3v) is 3.31. The Hall–Kier alpha value is -1.78. The molecule has 0 fully saturated rings. The third-order valence-electron chi connectivity index (χ3n) is 2.68. The Morgan fingerprint density at radius 1 is 1.15 bits per heavy atom. The van der Waals surface area contributed by atoms with E-state index in [0.717, 1.165) is 0 Å². The molecule has 2 aromatic carbocycles. The predicted molar refractivity (Wildman–Crippen MR) is 77.1 cm³/mol. The molecule has 0 aliphatic carbocycles. The van der Waals surface area contributed by atoms with Gasteiger partial charge in [-0.1, -0.05) is 29.3 Å². The van der Waals surface area contributed by atoms with Crippen LogP contribution >= 0.6 is 23.2 Å². The van der Waals surface area contributed by atoms with Crippen LogP contribution in [0.5, 0.6) is 0 Å². The number of carboxylic acid groups (broad SMARTS) is 1. The van der Waals surface area contributed by atoms with Crippen molar-refractivity contribution in [1.82, 2.24) is 0 Å². The van der Waals surface area contributed by atoms with Crippen molar-refractivity contribution in [2.24, 2.45) is 0 Å². The first-order chi connectivity index (χ1) is 9.47. The molecule has 2 rings (SSSR count). The van der Waals surface area contributed by atoms with Gasteiger partial charge in [0.15, 0.2) is 0 Å². The van der Waals surface area contributed by atoms with Crippen LogP contribution < -0.4 is 5.32 Å². The van der Waals surface area contributed by atoms with E-state index < -0.39 is 11.8 Å². The molecule has 0 amide bonds. The lowest BCUT2D eigenvalue weighted by Gasteiger charge is -2.08. The fraction of sp³-hybridized carbons (Fsp3) is 0.0714. The van der Waals surface area contributed by atoms with Gasteiger partial charge in [-0.2, -0.15) is 0 Å². The number of carbonyl (C=O) groups is 1. The number of nitrogens with one attached hydrogen (secondary N) is 1. The van der Waals surface area contributed by atoms with Crippen LogP contribution in [0, 0.1) is 5.82 Å². The molecule has 0 aliphatic rings. The van der Waals surface area contributed by atoms with Gasteiger partial charge in [-0.3, -0.25) is 0 Å². The summed E-state index contributed by atoms with van der Waals surface area (Å²) in [5.41, 5.74) is 1.29. The first-order valence-electron chi connectivity index (χ1n) is 5.68.